The number of carbonyl (C=O) groups excluding carboxylic acids is 2. The van der Waals surface area contributed by atoms with Gasteiger partial charge in [0, 0.05) is 11.6 Å². The Labute approximate surface area is 191 Å². The molecule has 3 aromatic carbocycles. The molecule has 0 bridgehead atoms. The van der Waals surface area contributed by atoms with E-state index in [9.17, 15) is 14.9 Å². The summed E-state index contributed by atoms with van der Waals surface area (Å²) >= 11 is 5.96. The third-order valence-corrected chi connectivity index (χ3v) is 6.01. The minimum Gasteiger partial charge on any atom is -0.346 e. The summed E-state index contributed by atoms with van der Waals surface area (Å²) in [5.74, 6) is -1.58. The lowest BCUT2D eigenvalue weighted by Crippen LogP contribution is -2.41. The predicted molar refractivity (Wildman–Crippen MR) is 125 cm³/mol. The highest BCUT2D eigenvalue weighted by Crippen LogP contribution is 2.30. The monoisotopic (exact) mass is 446 g/mol. The molecule has 1 aliphatic heterocycles. The largest absolute Gasteiger partial charge is 0.346 e. The Hall–Kier alpha value is -3.40. The van der Waals surface area contributed by atoms with Crippen LogP contribution in [0.25, 0.3) is 10.8 Å². The molecule has 2 amide bonds. The molecule has 1 saturated heterocycles. The van der Waals surface area contributed by atoms with Crippen molar-refractivity contribution < 1.29 is 9.59 Å². The lowest BCUT2D eigenvalue weighted by Gasteiger charge is -2.29. The van der Waals surface area contributed by atoms with E-state index in [2.05, 4.69) is 39.8 Å². The molecular formula is C25H23ClN4O2. The Morgan fingerprint density at radius 1 is 1.03 bits per heavy atom. The smallest absolute Gasteiger partial charge is 0.313 e. The number of rotatable bonds is 5. The average Bonchev–Trinajstić information content (AvgIpc) is 3.34. The Morgan fingerprint density at radius 2 is 1.78 bits per heavy atom. The second-order valence-electron chi connectivity index (χ2n) is 7.79. The van der Waals surface area contributed by atoms with Gasteiger partial charge in [-0.05, 0) is 60.5 Å². The van der Waals surface area contributed by atoms with Crippen LogP contribution in [-0.2, 0) is 9.59 Å². The van der Waals surface area contributed by atoms with Crippen molar-refractivity contribution in [2.75, 3.05) is 25.0 Å². The number of nitrogens with zero attached hydrogens (tertiary/aromatic N) is 2. The summed E-state index contributed by atoms with van der Waals surface area (Å²) in [5.41, 5.74) is 1.58. The van der Waals surface area contributed by atoms with Crippen molar-refractivity contribution in [2.45, 2.75) is 18.9 Å². The molecule has 32 heavy (non-hydrogen) atoms. The number of carbonyl (C=O) groups is 2. The number of hydrogen-bond donors (Lipinski definition) is 2. The van der Waals surface area contributed by atoms with E-state index in [1.807, 2.05) is 24.3 Å². The summed E-state index contributed by atoms with van der Waals surface area (Å²) in [4.78, 5) is 27.4. The highest BCUT2D eigenvalue weighted by Gasteiger charge is 2.26. The van der Waals surface area contributed by atoms with Crippen LogP contribution >= 0.6 is 11.6 Å². The molecule has 0 aliphatic carbocycles. The van der Waals surface area contributed by atoms with Crippen molar-refractivity contribution >= 4 is 39.9 Å². The molecule has 0 radical (unpaired) electrons. The fraction of sp³-hybridized carbons (Fsp3) is 0.240. The van der Waals surface area contributed by atoms with Crippen molar-refractivity contribution in [1.82, 2.24) is 10.2 Å². The number of nitrogens with one attached hydrogen (secondary N) is 2. The molecule has 0 aromatic heterocycles. The Kier molecular flexibility index (Phi) is 6.69. The summed E-state index contributed by atoms with van der Waals surface area (Å²) in [6.07, 6.45) is 2.23. The van der Waals surface area contributed by atoms with Gasteiger partial charge in [-0.15, -0.1) is 0 Å². The minimum absolute atomic E-state index is 0.0406. The summed E-state index contributed by atoms with van der Waals surface area (Å²) in [5, 5.41) is 17.1. The van der Waals surface area contributed by atoms with Gasteiger partial charge in [0.15, 0.2) is 0 Å². The van der Waals surface area contributed by atoms with Crippen LogP contribution < -0.4 is 10.6 Å². The third-order valence-electron chi connectivity index (χ3n) is 5.78. The molecule has 7 heteroatoms. The van der Waals surface area contributed by atoms with E-state index < -0.39 is 11.8 Å². The van der Waals surface area contributed by atoms with E-state index in [1.54, 1.807) is 6.07 Å². The van der Waals surface area contributed by atoms with Gasteiger partial charge in [0.25, 0.3) is 0 Å². The standard InChI is InChI=1S/C25H23ClN4O2/c26-19-11-10-18(15-27)22(14-19)29-25(32)24(31)28-16-23(30-12-3-4-13-30)21-9-5-7-17-6-1-2-8-20(17)21/h1-2,5-11,14,23H,3-4,12-13,16H2,(H,28,31)(H,29,32)/t23-/m1/s1. The first kappa shape index (κ1) is 21.8. The van der Waals surface area contributed by atoms with Gasteiger partial charge in [-0.25, -0.2) is 0 Å². The van der Waals surface area contributed by atoms with Crippen molar-refractivity contribution in [3.63, 3.8) is 0 Å². The van der Waals surface area contributed by atoms with Crippen LogP contribution in [0.1, 0.15) is 30.0 Å². The first-order chi connectivity index (χ1) is 15.6. The van der Waals surface area contributed by atoms with Crippen LogP contribution in [0, 0.1) is 11.3 Å². The van der Waals surface area contributed by atoms with Crippen molar-refractivity contribution in [1.29, 1.82) is 5.26 Å². The molecule has 4 rings (SSSR count). The second kappa shape index (κ2) is 9.82. The Morgan fingerprint density at radius 3 is 2.56 bits per heavy atom. The fourth-order valence-corrected chi connectivity index (χ4v) is 4.37. The van der Waals surface area contributed by atoms with Gasteiger partial charge in [0.05, 0.1) is 17.3 Å². The van der Waals surface area contributed by atoms with Crippen LogP contribution in [0.2, 0.25) is 5.02 Å². The molecule has 0 unspecified atom stereocenters. The number of likely N-dealkylation sites (tertiary alicyclic amines) is 1. The molecule has 162 valence electrons. The number of amides is 2. The van der Waals surface area contributed by atoms with Crippen LogP contribution in [0.4, 0.5) is 5.69 Å². The van der Waals surface area contributed by atoms with E-state index in [4.69, 9.17) is 11.6 Å². The molecule has 1 atom stereocenters. The highest BCUT2D eigenvalue weighted by molar-refractivity contribution is 6.40. The quantitative estimate of drug-likeness (QED) is 0.573. The first-order valence-corrected chi connectivity index (χ1v) is 10.9. The summed E-state index contributed by atoms with van der Waals surface area (Å²) < 4.78 is 0. The molecule has 0 saturated carbocycles. The molecule has 1 fully saturated rings. The predicted octanol–water partition coefficient (Wildman–Crippen LogP) is 4.26. The van der Waals surface area contributed by atoms with Gasteiger partial charge in [0.2, 0.25) is 0 Å². The van der Waals surface area contributed by atoms with E-state index >= 15 is 0 Å². The molecule has 6 nitrogen and oxygen atoms in total. The zero-order valence-corrected chi connectivity index (χ0v) is 18.2. The molecular weight excluding hydrogens is 424 g/mol. The molecule has 3 aromatic rings. The lowest BCUT2D eigenvalue weighted by atomic mass is 9.97. The number of nitriles is 1. The van der Waals surface area contributed by atoms with Crippen LogP contribution in [-0.4, -0.2) is 36.3 Å². The lowest BCUT2D eigenvalue weighted by molar-refractivity contribution is -0.136. The summed E-state index contributed by atoms with van der Waals surface area (Å²) in [6.45, 7) is 2.20. The average molecular weight is 447 g/mol. The SMILES string of the molecule is N#Cc1ccc(Cl)cc1NC(=O)C(=O)NC[C@H](c1cccc2ccccc12)N1CCCC1. The van der Waals surface area contributed by atoms with Crippen molar-refractivity contribution in [2.24, 2.45) is 0 Å². The third kappa shape index (κ3) is 4.75. The first-order valence-electron chi connectivity index (χ1n) is 10.6. The maximum Gasteiger partial charge on any atom is 0.313 e. The normalized spacial score (nSPS) is 14.6. The van der Waals surface area contributed by atoms with E-state index in [0.29, 0.717) is 11.6 Å². The van der Waals surface area contributed by atoms with E-state index in [-0.39, 0.29) is 17.3 Å². The number of hydrogen-bond acceptors (Lipinski definition) is 4. The van der Waals surface area contributed by atoms with Gasteiger partial charge in [-0.3, -0.25) is 14.5 Å². The zero-order valence-electron chi connectivity index (χ0n) is 17.5. The molecule has 2 N–H and O–H groups in total. The molecule has 1 heterocycles. The van der Waals surface area contributed by atoms with Gasteiger partial charge < -0.3 is 10.6 Å². The zero-order chi connectivity index (χ0) is 22.5. The van der Waals surface area contributed by atoms with Crippen molar-refractivity contribution in [3.8, 4) is 6.07 Å². The minimum atomic E-state index is -0.832. The number of anilines is 1. The fourth-order valence-electron chi connectivity index (χ4n) is 4.20. The highest BCUT2D eigenvalue weighted by atomic mass is 35.5. The number of halogens is 1. The van der Waals surface area contributed by atoms with Crippen LogP contribution in [0.3, 0.4) is 0 Å². The maximum atomic E-state index is 12.6. The van der Waals surface area contributed by atoms with E-state index in [1.165, 1.54) is 12.1 Å². The maximum absolute atomic E-state index is 12.6. The van der Waals surface area contributed by atoms with Gasteiger partial charge >= 0.3 is 11.8 Å². The Balaban J connectivity index is 1.51. The van der Waals surface area contributed by atoms with Gasteiger partial charge in [0.1, 0.15) is 6.07 Å². The Bertz CT molecular complexity index is 1190. The van der Waals surface area contributed by atoms with Crippen LogP contribution in [0.15, 0.2) is 60.7 Å². The molecule has 1 aliphatic rings. The topological polar surface area (TPSA) is 85.2 Å². The summed E-state index contributed by atoms with van der Waals surface area (Å²) in [6, 6.07) is 20.8. The second-order valence-corrected chi connectivity index (χ2v) is 8.23. The van der Waals surface area contributed by atoms with Crippen LogP contribution in [0.5, 0.6) is 0 Å². The van der Waals surface area contributed by atoms with Gasteiger partial charge in [-0.2, -0.15) is 5.26 Å². The number of benzene rings is 3. The number of fused-ring (bicyclic) bond motifs is 1. The van der Waals surface area contributed by atoms with Gasteiger partial charge in [-0.1, -0.05) is 54.1 Å². The molecule has 0 spiro atoms. The van der Waals surface area contributed by atoms with E-state index in [0.717, 1.165) is 42.3 Å². The van der Waals surface area contributed by atoms with Crippen molar-refractivity contribution in [3.05, 3.63) is 76.8 Å². The summed E-state index contributed by atoms with van der Waals surface area (Å²) in [7, 11) is 0.